The summed E-state index contributed by atoms with van der Waals surface area (Å²) in [5, 5.41) is 12.1. The van der Waals surface area contributed by atoms with Crippen LogP contribution in [0.1, 0.15) is 23.2 Å². The number of nitrogens with zero attached hydrogens (tertiary/aromatic N) is 5. The number of amides is 1. The number of hydrogen-bond acceptors (Lipinski definition) is 7. The molecule has 1 amide bonds. The van der Waals surface area contributed by atoms with Crippen molar-refractivity contribution >= 4 is 5.91 Å². The van der Waals surface area contributed by atoms with Crippen molar-refractivity contribution in [3.63, 3.8) is 0 Å². The summed E-state index contributed by atoms with van der Waals surface area (Å²) in [5.41, 5.74) is 0.518. The van der Waals surface area contributed by atoms with Crippen LogP contribution in [-0.2, 0) is 6.54 Å². The van der Waals surface area contributed by atoms with Crippen molar-refractivity contribution in [1.29, 1.82) is 0 Å². The normalized spacial score (nSPS) is 19.2. The van der Waals surface area contributed by atoms with E-state index in [1.165, 1.54) is 7.11 Å². The number of rotatable bonds is 4. The summed E-state index contributed by atoms with van der Waals surface area (Å²) in [6.45, 7) is 2.52. The third kappa shape index (κ3) is 3.09. The third-order valence-corrected chi connectivity index (χ3v) is 4.32. The number of likely N-dealkylation sites (tertiary alicyclic amines) is 1. The van der Waals surface area contributed by atoms with Gasteiger partial charge in [-0.2, -0.15) is 5.10 Å². The first-order chi connectivity index (χ1) is 12.2. The fourth-order valence-electron chi connectivity index (χ4n) is 3.05. The summed E-state index contributed by atoms with van der Waals surface area (Å²) in [5.74, 6) is 1.35. The molecule has 0 N–H and O–H groups in total. The van der Waals surface area contributed by atoms with Gasteiger partial charge in [0, 0.05) is 38.1 Å². The summed E-state index contributed by atoms with van der Waals surface area (Å²) < 4.78 is 18.1. The van der Waals surface area contributed by atoms with E-state index in [-0.39, 0.29) is 12.0 Å². The summed E-state index contributed by atoms with van der Waals surface area (Å²) in [4.78, 5) is 14.5. The van der Waals surface area contributed by atoms with Gasteiger partial charge in [-0.1, -0.05) is 0 Å². The second-order valence-corrected chi connectivity index (χ2v) is 5.98. The number of fused-ring (bicyclic) bond motifs is 1. The number of carbonyl (C=O) groups is 1. The molecule has 9 nitrogen and oxygen atoms in total. The number of aryl methyl sites for hydroxylation is 1. The van der Waals surface area contributed by atoms with Crippen LogP contribution in [0.25, 0.3) is 0 Å². The maximum absolute atomic E-state index is 12.8. The first-order valence-corrected chi connectivity index (χ1v) is 8.27. The molecule has 2 aliphatic rings. The van der Waals surface area contributed by atoms with Gasteiger partial charge in [0.2, 0.25) is 17.6 Å². The predicted molar refractivity (Wildman–Crippen MR) is 85.9 cm³/mol. The molecule has 1 atom stereocenters. The number of methoxy groups -OCH3 is 1. The lowest BCUT2D eigenvalue weighted by atomic mass is 10.3. The van der Waals surface area contributed by atoms with E-state index in [9.17, 15) is 4.79 Å². The van der Waals surface area contributed by atoms with Crippen LogP contribution in [0.4, 0.5) is 0 Å². The lowest BCUT2D eigenvalue weighted by molar-refractivity contribution is 0.0764. The van der Waals surface area contributed by atoms with E-state index < -0.39 is 0 Å². The molecule has 0 bridgehead atoms. The zero-order valence-corrected chi connectivity index (χ0v) is 13.9. The van der Waals surface area contributed by atoms with E-state index in [1.54, 1.807) is 27.9 Å². The second kappa shape index (κ2) is 6.58. The van der Waals surface area contributed by atoms with Crippen molar-refractivity contribution in [1.82, 2.24) is 24.9 Å². The highest BCUT2D eigenvalue weighted by Crippen LogP contribution is 2.26. The standard InChI is InChI=1S/C16H19N5O4/c1-23-13-3-4-14(19-18-13)25-11-5-7-20(10-11)15(22)12-9-17-21-6-2-8-24-16(12)21/h3-4,9,11H,2,5-8,10H2,1H3/t11-/m0/s1. The first-order valence-electron chi connectivity index (χ1n) is 8.27. The van der Waals surface area contributed by atoms with Gasteiger partial charge in [-0.25, -0.2) is 4.68 Å². The molecular formula is C16H19N5O4. The first kappa shape index (κ1) is 15.7. The minimum Gasteiger partial charge on any atom is -0.480 e. The quantitative estimate of drug-likeness (QED) is 0.808. The molecular weight excluding hydrogens is 326 g/mol. The number of aromatic nitrogens is 4. The van der Waals surface area contributed by atoms with Gasteiger partial charge in [0.25, 0.3) is 5.91 Å². The van der Waals surface area contributed by atoms with Gasteiger partial charge in [0.15, 0.2) is 0 Å². The van der Waals surface area contributed by atoms with E-state index >= 15 is 0 Å². The largest absolute Gasteiger partial charge is 0.480 e. The van der Waals surface area contributed by atoms with E-state index in [0.29, 0.717) is 42.9 Å². The molecule has 2 aromatic heterocycles. The monoisotopic (exact) mass is 345 g/mol. The maximum Gasteiger partial charge on any atom is 0.261 e. The molecule has 4 heterocycles. The summed E-state index contributed by atoms with van der Waals surface area (Å²) in [6.07, 6.45) is 3.12. The van der Waals surface area contributed by atoms with Crippen LogP contribution >= 0.6 is 0 Å². The Hall–Kier alpha value is -2.84. The molecule has 0 aromatic carbocycles. The van der Waals surface area contributed by atoms with Crippen molar-refractivity contribution < 1.29 is 19.0 Å². The van der Waals surface area contributed by atoms with E-state index in [4.69, 9.17) is 14.2 Å². The summed E-state index contributed by atoms with van der Waals surface area (Å²) in [6, 6.07) is 3.40. The van der Waals surface area contributed by atoms with E-state index in [1.807, 2.05) is 0 Å². The smallest absolute Gasteiger partial charge is 0.261 e. The minimum atomic E-state index is -0.112. The average Bonchev–Trinajstić information content (AvgIpc) is 3.29. The van der Waals surface area contributed by atoms with E-state index in [2.05, 4.69) is 15.3 Å². The highest BCUT2D eigenvalue weighted by molar-refractivity contribution is 5.96. The van der Waals surface area contributed by atoms with Crippen molar-refractivity contribution in [3.8, 4) is 17.6 Å². The zero-order valence-electron chi connectivity index (χ0n) is 13.9. The van der Waals surface area contributed by atoms with Crippen LogP contribution in [0.5, 0.6) is 17.6 Å². The Kier molecular flexibility index (Phi) is 4.12. The van der Waals surface area contributed by atoms with Crippen LogP contribution < -0.4 is 14.2 Å². The van der Waals surface area contributed by atoms with Gasteiger partial charge in [0.05, 0.1) is 26.5 Å². The van der Waals surface area contributed by atoms with Crippen molar-refractivity contribution in [2.75, 3.05) is 26.8 Å². The Morgan fingerprint density at radius 1 is 1.28 bits per heavy atom. The van der Waals surface area contributed by atoms with Gasteiger partial charge in [0.1, 0.15) is 11.7 Å². The fraction of sp³-hybridized carbons (Fsp3) is 0.500. The fourth-order valence-corrected chi connectivity index (χ4v) is 3.05. The number of ether oxygens (including phenoxy) is 3. The lowest BCUT2D eigenvalue weighted by Gasteiger charge is -2.19. The Labute approximate surface area is 144 Å². The van der Waals surface area contributed by atoms with Crippen molar-refractivity contribution in [3.05, 3.63) is 23.9 Å². The molecule has 2 aromatic rings. The van der Waals surface area contributed by atoms with E-state index in [0.717, 1.165) is 19.4 Å². The molecule has 25 heavy (non-hydrogen) atoms. The van der Waals surface area contributed by atoms with Crippen LogP contribution in [0.3, 0.4) is 0 Å². The Balaban J connectivity index is 1.40. The van der Waals surface area contributed by atoms with Crippen LogP contribution in [-0.4, -0.2) is 63.7 Å². The van der Waals surface area contributed by atoms with Gasteiger partial charge < -0.3 is 19.1 Å². The minimum absolute atomic E-state index is 0.0740. The molecule has 1 fully saturated rings. The lowest BCUT2D eigenvalue weighted by Crippen LogP contribution is -2.31. The molecule has 2 aliphatic heterocycles. The molecule has 1 saturated heterocycles. The summed E-state index contributed by atoms with van der Waals surface area (Å²) >= 11 is 0. The molecule has 0 radical (unpaired) electrons. The van der Waals surface area contributed by atoms with Gasteiger partial charge in [-0.3, -0.25) is 4.79 Å². The maximum atomic E-state index is 12.8. The van der Waals surface area contributed by atoms with Gasteiger partial charge in [-0.15, -0.1) is 10.2 Å². The van der Waals surface area contributed by atoms with Crippen molar-refractivity contribution in [2.45, 2.75) is 25.5 Å². The van der Waals surface area contributed by atoms with Crippen LogP contribution in [0.15, 0.2) is 18.3 Å². The van der Waals surface area contributed by atoms with Crippen molar-refractivity contribution in [2.24, 2.45) is 0 Å². The SMILES string of the molecule is COc1ccc(O[C@H]2CCN(C(=O)c3cnn4c3OCCC4)C2)nn1. The molecule has 0 saturated carbocycles. The van der Waals surface area contributed by atoms with Gasteiger partial charge in [-0.05, 0) is 0 Å². The van der Waals surface area contributed by atoms with Crippen LogP contribution in [0, 0.1) is 0 Å². The second-order valence-electron chi connectivity index (χ2n) is 5.98. The number of hydrogen-bond donors (Lipinski definition) is 0. The van der Waals surface area contributed by atoms with Crippen LogP contribution in [0.2, 0.25) is 0 Å². The third-order valence-electron chi connectivity index (χ3n) is 4.32. The molecule has 132 valence electrons. The molecule has 0 aliphatic carbocycles. The van der Waals surface area contributed by atoms with Gasteiger partial charge >= 0.3 is 0 Å². The molecule has 0 spiro atoms. The molecule has 9 heteroatoms. The molecule has 0 unspecified atom stereocenters. The highest BCUT2D eigenvalue weighted by Gasteiger charge is 2.32. The average molecular weight is 345 g/mol. The number of carbonyl (C=O) groups excluding carboxylic acids is 1. The predicted octanol–water partition coefficient (Wildman–Crippen LogP) is 0.758. The zero-order chi connectivity index (χ0) is 17.2. The Morgan fingerprint density at radius 3 is 2.92 bits per heavy atom. The Bertz CT molecular complexity index is 760. The summed E-state index contributed by atoms with van der Waals surface area (Å²) in [7, 11) is 1.53. The topological polar surface area (TPSA) is 91.6 Å². The highest BCUT2D eigenvalue weighted by atomic mass is 16.5. The molecule has 4 rings (SSSR count). The Morgan fingerprint density at radius 2 is 2.12 bits per heavy atom.